The van der Waals surface area contributed by atoms with E-state index < -0.39 is 18.0 Å². The van der Waals surface area contributed by atoms with E-state index in [1.807, 2.05) is 0 Å². The summed E-state index contributed by atoms with van der Waals surface area (Å²) in [7, 11) is 0. The molecule has 3 amide bonds. The van der Waals surface area contributed by atoms with Gasteiger partial charge in [-0.15, -0.1) is 0 Å². The first-order valence-electron chi connectivity index (χ1n) is 5.43. The highest BCUT2D eigenvalue weighted by molar-refractivity contribution is 6.42. The zero-order valence-corrected chi connectivity index (χ0v) is 11.5. The number of nitrogens with two attached hydrogens (primary N) is 1. The lowest BCUT2D eigenvalue weighted by atomic mass is 9.95. The molecule has 1 aromatic carbocycles. The maximum Gasteiger partial charge on any atom is 0.319 e. The number of nitrogens with one attached hydrogen (secondary N) is 2. The Balaban J connectivity index is 2.51. The molecule has 19 heavy (non-hydrogen) atoms. The van der Waals surface area contributed by atoms with Gasteiger partial charge in [0.25, 0.3) is 0 Å². The fourth-order valence-corrected chi connectivity index (χ4v) is 2.27. The highest BCUT2D eigenvalue weighted by atomic mass is 35.5. The lowest BCUT2D eigenvalue weighted by Gasteiger charge is -2.27. The summed E-state index contributed by atoms with van der Waals surface area (Å²) in [4.78, 5) is 23.0. The highest BCUT2D eigenvalue weighted by Gasteiger charge is 2.29. The number of benzene rings is 1. The number of allylic oxidation sites excluding steroid dienone is 1. The summed E-state index contributed by atoms with van der Waals surface area (Å²) < 4.78 is 0. The fourth-order valence-electron chi connectivity index (χ4n) is 1.96. The van der Waals surface area contributed by atoms with Crippen molar-refractivity contribution < 1.29 is 9.59 Å². The molecular weight excluding hydrogens is 289 g/mol. The summed E-state index contributed by atoms with van der Waals surface area (Å²) in [6.45, 7) is 1.61. The SMILES string of the molecule is CC1=C(C(N)=O)C(c2ccc(Cl)c(Cl)c2)NC(=O)N1. The molecule has 1 aliphatic rings. The van der Waals surface area contributed by atoms with Crippen molar-refractivity contribution in [3.8, 4) is 0 Å². The van der Waals surface area contributed by atoms with E-state index in [9.17, 15) is 9.59 Å². The van der Waals surface area contributed by atoms with Gasteiger partial charge in [-0.05, 0) is 24.6 Å². The van der Waals surface area contributed by atoms with Crippen LogP contribution in [-0.4, -0.2) is 11.9 Å². The number of halogens is 2. The Hall–Kier alpha value is -1.72. The van der Waals surface area contributed by atoms with E-state index in [4.69, 9.17) is 28.9 Å². The summed E-state index contributed by atoms with van der Waals surface area (Å²) in [5, 5.41) is 5.87. The molecule has 2 rings (SSSR count). The van der Waals surface area contributed by atoms with Crippen LogP contribution in [0, 0.1) is 0 Å². The van der Waals surface area contributed by atoms with E-state index in [-0.39, 0.29) is 5.57 Å². The maximum atomic E-state index is 11.5. The molecule has 0 saturated carbocycles. The van der Waals surface area contributed by atoms with Crippen LogP contribution in [0.4, 0.5) is 4.79 Å². The minimum atomic E-state index is -0.638. The molecule has 0 bridgehead atoms. The molecule has 0 aromatic heterocycles. The second kappa shape index (κ2) is 5.11. The molecule has 0 aliphatic carbocycles. The van der Waals surface area contributed by atoms with Crippen molar-refractivity contribution in [2.45, 2.75) is 13.0 Å². The smallest absolute Gasteiger partial charge is 0.319 e. The first kappa shape index (κ1) is 13.7. The lowest BCUT2D eigenvalue weighted by Crippen LogP contribution is -2.46. The second-order valence-electron chi connectivity index (χ2n) is 4.11. The van der Waals surface area contributed by atoms with E-state index >= 15 is 0 Å². The molecule has 0 spiro atoms. The van der Waals surface area contributed by atoms with Crippen molar-refractivity contribution in [1.82, 2.24) is 10.6 Å². The monoisotopic (exact) mass is 299 g/mol. The minimum absolute atomic E-state index is 0.290. The van der Waals surface area contributed by atoms with Crippen LogP contribution >= 0.6 is 23.2 Å². The van der Waals surface area contributed by atoms with Crippen molar-refractivity contribution in [1.29, 1.82) is 0 Å². The molecule has 0 fully saturated rings. The Morgan fingerprint density at radius 3 is 2.58 bits per heavy atom. The number of urea groups is 1. The summed E-state index contributed by atoms with van der Waals surface area (Å²) in [5.41, 5.74) is 6.70. The Bertz CT molecular complexity index is 599. The highest BCUT2D eigenvalue weighted by Crippen LogP contribution is 2.30. The molecule has 5 nitrogen and oxygen atoms in total. The normalized spacial score (nSPS) is 18.9. The predicted molar refractivity (Wildman–Crippen MR) is 72.8 cm³/mol. The fraction of sp³-hybridized carbons (Fsp3) is 0.167. The van der Waals surface area contributed by atoms with Gasteiger partial charge in [0.2, 0.25) is 5.91 Å². The Morgan fingerprint density at radius 2 is 2.00 bits per heavy atom. The molecule has 1 aromatic rings. The third kappa shape index (κ3) is 2.67. The summed E-state index contributed by atoms with van der Waals surface area (Å²) in [5.74, 6) is -0.610. The third-order valence-electron chi connectivity index (χ3n) is 2.81. The molecule has 1 atom stereocenters. The van der Waals surface area contributed by atoms with Gasteiger partial charge in [-0.2, -0.15) is 0 Å². The van der Waals surface area contributed by atoms with Gasteiger partial charge in [-0.3, -0.25) is 4.79 Å². The van der Waals surface area contributed by atoms with Crippen LogP contribution in [0.1, 0.15) is 18.5 Å². The van der Waals surface area contributed by atoms with Gasteiger partial charge in [0.05, 0.1) is 21.7 Å². The van der Waals surface area contributed by atoms with E-state index in [0.29, 0.717) is 21.3 Å². The second-order valence-corrected chi connectivity index (χ2v) is 4.92. The van der Waals surface area contributed by atoms with Crippen molar-refractivity contribution in [3.05, 3.63) is 45.1 Å². The van der Waals surface area contributed by atoms with Crippen LogP contribution < -0.4 is 16.4 Å². The Kier molecular flexibility index (Phi) is 3.68. The molecule has 1 aliphatic heterocycles. The van der Waals surface area contributed by atoms with Crippen LogP contribution in [0.5, 0.6) is 0 Å². The Morgan fingerprint density at radius 1 is 1.32 bits per heavy atom. The number of rotatable bonds is 2. The van der Waals surface area contributed by atoms with Gasteiger partial charge in [0.15, 0.2) is 0 Å². The van der Waals surface area contributed by atoms with Crippen LogP contribution in [-0.2, 0) is 4.79 Å². The zero-order chi connectivity index (χ0) is 14.2. The van der Waals surface area contributed by atoms with Crippen molar-refractivity contribution in [2.75, 3.05) is 0 Å². The number of carbonyl (C=O) groups is 2. The Labute approximate surface area is 119 Å². The number of hydrogen-bond acceptors (Lipinski definition) is 2. The van der Waals surface area contributed by atoms with Crippen LogP contribution in [0.25, 0.3) is 0 Å². The molecule has 0 saturated heterocycles. The van der Waals surface area contributed by atoms with E-state index in [0.717, 1.165) is 0 Å². The molecule has 0 radical (unpaired) electrons. The standard InChI is InChI=1S/C12H11Cl2N3O2/c1-5-9(11(15)18)10(17-12(19)16-5)6-2-3-7(13)8(14)4-6/h2-4,10H,1H3,(H2,15,18)(H2,16,17,19). The van der Waals surface area contributed by atoms with Gasteiger partial charge in [-0.25, -0.2) is 4.79 Å². The number of carbonyl (C=O) groups excluding carboxylic acids is 2. The van der Waals surface area contributed by atoms with Crippen LogP contribution in [0.3, 0.4) is 0 Å². The van der Waals surface area contributed by atoms with Gasteiger partial charge in [0, 0.05) is 5.70 Å². The first-order valence-corrected chi connectivity index (χ1v) is 6.18. The maximum absolute atomic E-state index is 11.5. The summed E-state index contributed by atoms with van der Waals surface area (Å²) in [6, 6.07) is 3.83. The van der Waals surface area contributed by atoms with Gasteiger partial charge >= 0.3 is 6.03 Å². The first-order chi connectivity index (χ1) is 8.90. The van der Waals surface area contributed by atoms with Crippen molar-refractivity contribution in [2.24, 2.45) is 5.73 Å². The van der Waals surface area contributed by atoms with Crippen molar-refractivity contribution in [3.63, 3.8) is 0 Å². The minimum Gasteiger partial charge on any atom is -0.366 e. The summed E-state index contributed by atoms with van der Waals surface area (Å²) >= 11 is 11.8. The van der Waals surface area contributed by atoms with Crippen LogP contribution in [0.2, 0.25) is 10.0 Å². The molecule has 7 heteroatoms. The van der Waals surface area contributed by atoms with E-state index in [1.54, 1.807) is 25.1 Å². The van der Waals surface area contributed by atoms with E-state index in [1.165, 1.54) is 0 Å². The topological polar surface area (TPSA) is 84.2 Å². The molecule has 100 valence electrons. The average Bonchev–Trinajstić information content (AvgIpc) is 2.31. The number of amides is 3. The number of primary amides is 1. The van der Waals surface area contributed by atoms with E-state index in [2.05, 4.69) is 10.6 Å². The average molecular weight is 300 g/mol. The molecule has 4 N–H and O–H groups in total. The molecular formula is C12H11Cl2N3O2. The van der Waals surface area contributed by atoms with Gasteiger partial charge in [0.1, 0.15) is 0 Å². The molecule has 1 unspecified atom stereocenters. The quantitative estimate of drug-likeness (QED) is 0.781. The van der Waals surface area contributed by atoms with Crippen molar-refractivity contribution >= 4 is 35.1 Å². The third-order valence-corrected chi connectivity index (χ3v) is 3.55. The molecule has 1 heterocycles. The zero-order valence-electron chi connectivity index (χ0n) is 9.96. The van der Waals surface area contributed by atoms with Crippen LogP contribution in [0.15, 0.2) is 29.5 Å². The van der Waals surface area contributed by atoms with Gasteiger partial charge < -0.3 is 16.4 Å². The number of hydrogen-bond donors (Lipinski definition) is 3. The summed E-state index contributed by atoms with van der Waals surface area (Å²) in [6.07, 6.45) is 0. The predicted octanol–water partition coefficient (Wildman–Crippen LogP) is 2.11. The lowest BCUT2D eigenvalue weighted by molar-refractivity contribution is -0.115. The van der Waals surface area contributed by atoms with Gasteiger partial charge in [-0.1, -0.05) is 29.3 Å². The largest absolute Gasteiger partial charge is 0.366 e.